The summed E-state index contributed by atoms with van der Waals surface area (Å²) >= 11 is 7.74. The fourth-order valence-electron chi connectivity index (χ4n) is 4.73. The van der Waals surface area contributed by atoms with Crippen LogP contribution in [-0.4, -0.2) is 82.3 Å². The maximum absolute atomic E-state index is 4.60. The second-order valence-corrected chi connectivity index (χ2v) is 21.0. The van der Waals surface area contributed by atoms with Crippen molar-refractivity contribution in [2.24, 2.45) is 28.2 Å². The van der Waals surface area contributed by atoms with E-state index in [1.165, 1.54) is 68.1 Å². The van der Waals surface area contributed by atoms with Gasteiger partial charge in [-0.05, 0) is 183 Å². The molecule has 0 unspecified atom stereocenters. The van der Waals surface area contributed by atoms with Gasteiger partial charge in [-0.1, -0.05) is 139 Å². The average molecular weight is 1440 g/mol. The zero-order valence-electron chi connectivity index (χ0n) is 66.9. The van der Waals surface area contributed by atoms with Crippen molar-refractivity contribution >= 4 is 57.3 Å². The molecular weight excluding hydrogens is 1310 g/mol. The van der Waals surface area contributed by atoms with Gasteiger partial charge in [0.15, 0.2) is 12.2 Å². The maximum atomic E-state index is 4.60. The Bertz CT molecular complexity index is 2610. The van der Waals surface area contributed by atoms with E-state index in [4.69, 9.17) is 0 Å². The number of hydrogen-bond donors (Lipinski definition) is 0. The van der Waals surface area contributed by atoms with Crippen molar-refractivity contribution in [2.75, 3.05) is 0 Å². The number of hydrogen-bond acceptors (Lipinski definition) is 21. The van der Waals surface area contributed by atoms with E-state index in [0.29, 0.717) is 11.7 Å². The Morgan fingerprint density at radius 1 is 0.464 bits per heavy atom. The lowest BCUT2D eigenvalue weighted by molar-refractivity contribution is 0.389. The first-order valence-corrected chi connectivity index (χ1v) is 37.4. The summed E-state index contributed by atoms with van der Waals surface area (Å²) in [6.45, 7) is 65.3. The molecule has 0 radical (unpaired) electrons. The number of imidazole rings is 1. The average Bonchev–Trinajstić information content (AvgIpc) is 4.10. The van der Waals surface area contributed by atoms with Gasteiger partial charge >= 0.3 is 0 Å². The minimum absolute atomic E-state index is 0.623. The van der Waals surface area contributed by atoms with Crippen LogP contribution in [-0.2, 0) is 28.2 Å². The van der Waals surface area contributed by atoms with E-state index in [9.17, 15) is 0 Å². The lowest BCUT2D eigenvalue weighted by atomic mass is 10.4. The SMILES string of the molecule is CC.CC.CC.CC.CC.CC.CC.CC.CC.Cc1ccn(C)c1.Cc1ccn(C)n1.Cc1ccsc1.Cc1cn(C)cn1.Cc1cnn(C)c1.Cc1cnoc1.Cc1cnsc1.Cc1cocn1.Cc1cscn1.Cc1nnsc1C.Cc1noc(C)n1.Cc1nsc(C)n1. The zero-order chi connectivity index (χ0) is 77.0. The fourth-order valence-corrected chi connectivity index (χ4v) is 7.40. The molecule has 25 heteroatoms. The molecule has 0 fully saturated rings. The van der Waals surface area contributed by atoms with Crippen molar-refractivity contribution in [2.45, 2.75) is 228 Å². The van der Waals surface area contributed by atoms with Crippen LogP contribution in [0.2, 0.25) is 0 Å². The first-order chi connectivity index (χ1) is 46.5. The Morgan fingerprint density at radius 2 is 1.08 bits per heavy atom. The lowest BCUT2D eigenvalue weighted by Crippen LogP contribution is -1.86. The van der Waals surface area contributed by atoms with E-state index in [-0.39, 0.29) is 0 Å². The van der Waals surface area contributed by atoms with Crippen LogP contribution in [0.5, 0.6) is 0 Å². The predicted octanol–water partition coefficient (Wildman–Crippen LogP) is 22.7. The Hall–Kier alpha value is -7.45. The van der Waals surface area contributed by atoms with Gasteiger partial charge in [0.2, 0.25) is 5.89 Å². The minimum Gasteiger partial charge on any atom is -0.452 e. The van der Waals surface area contributed by atoms with Crippen molar-refractivity contribution in [1.29, 1.82) is 0 Å². The molecule has 0 aromatic carbocycles. The summed E-state index contributed by atoms with van der Waals surface area (Å²) in [7, 11) is 7.80. The summed E-state index contributed by atoms with van der Waals surface area (Å²) in [5, 5.41) is 28.0. The van der Waals surface area contributed by atoms with Crippen LogP contribution in [0.4, 0.5) is 0 Å². The molecule has 97 heavy (non-hydrogen) atoms. The quantitative estimate of drug-likeness (QED) is 0.137. The van der Waals surface area contributed by atoms with Gasteiger partial charge < -0.3 is 22.6 Å². The van der Waals surface area contributed by atoms with Crippen LogP contribution in [0.1, 0.15) is 208 Å². The first kappa shape index (κ1) is 108. The first-order valence-electron chi connectivity index (χ1n) is 33.1. The summed E-state index contributed by atoms with van der Waals surface area (Å²) in [6.07, 6.45) is 21.7. The Kier molecular flexibility index (Phi) is 92.4. The van der Waals surface area contributed by atoms with Gasteiger partial charge in [0.25, 0.3) is 0 Å². The van der Waals surface area contributed by atoms with Crippen molar-refractivity contribution in [1.82, 2.24) is 82.3 Å². The normalized spacial score (nSPS) is 8.05. The molecular formula is C72H131N17O3S5. The number of rotatable bonds is 0. The molecule has 0 saturated carbocycles. The largest absolute Gasteiger partial charge is 0.452 e. The number of oxazole rings is 1. The summed E-state index contributed by atoms with van der Waals surface area (Å²) in [4.78, 5) is 20.7. The Labute approximate surface area is 609 Å². The molecule has 12 heterocycles. The molecule has 0 spiro atoms. The lowest BCUT2D eigenvalue weighted by Gasteiger charge is -1.80. The molecule has 552 valence electrons. The molecule has 0 aliphatic carbocycles. The van der Waals surface area contributed by atoms with E-state index in [1.54, 1.807) is 70.9 Å². The highest BCUT2D eigenvalue weighted by atomic mass is 32.1. The molecule has 0 aliphatic rings. The van der Waals surface area contributed by atoms with Crippen LogP contribution in [0.25, 0.3) is 0 Å². The molecule has 0 bridgehead atoms. The van der Waals surface area contributed by atoms with E-state index in [2.05, 4.69) is 120 Å². The molecule has 0 atom stereocenters. The van der Waals surface area contributed by atoms with E-state index >= 15 is 0 Å². The van der Waals surface area contributed by atoms with Crippen LogP contribution in [0.3, 0.4) is 0 Å². The third-order valence-corrected chi connectivity index (χ3v) is 12.2. The van der Waals surface area contributed by atoms with E-state index in [0.717, 1.165) is 44.9 Å². The number of aromatic nitrogens is 17. The smallest absolute Gasteiger partial charge is 0.223 e. The number of thiazole rings is 1. The van der Waals surface area contributed by atoms with Crippen molar-refractivity contribution < 1.29 is 13.5 Å². The second-order valence-electron chi connectivity index (χ2n) is 17.0. The van der Waals surface area contributed by atoms with Gasteiger partial charge in [-0.3, -0.25) is 14.3 Å². The Balaban J connectivity index is -0.000000122. The zero-order valence-corrected chi connectivity index (χ0v) is 71.0. The number of aryl methyl sites for hydroxylation is 19. The predicted molar refractivity (Wildman–Crippen MR) is 424 cm³/mol. The van der Waals surface area contributed by atoms with Crippen LogP contribution in [0.15, 0.2) is 134 Å². The molecule has 0 N–H and O–H groups in total. The standard InChI is InChI=1S/C6H9N.3C5H8N2.C5H6S.C4H6N2O.2C4H6N2S.2C4H5NO.2C4H5NS.9C2H6/c1-6-3-4-7(2)5-6;1-5-3-7(2)4-6-5;1-5-3-6-7(2)4-5;1-5-3-4-7(2)6-5;1-5-2-3-6-4-5;2*1-3-5-4(2)7-6-3;1-3-4(2)7-6-5-3;1-4-2-6-3-5-4;1-4-2-5-6-3-4;1-4-2-6-3-5-4;1-4-2-5-6-3-4;9*1-2/h3-5H,1-2H3;3*3-4H,1-2H3;2-4H,1H3;3*1-2H3;4*2-3H,1H3;9*1-2H3. The van der Waals surface area contributed by atoms with Gasteiger partial charge in [0, 0.05) is 99.2 Å². The van der Waals surface area contributed by atoms with E-state index in [1.807, 2.05) is 298 Å². The van der Waals surface area contributed by atoms with Gasteiger partial charge in [0.05, 0.1) is 47.0 Å². The van der Waals surface area contributed by atoms with Crippen LogP contribution >= 0.6 is 57.3 Å². The fraction of sp³-hybridized carbons (Fsp3) is 0.514. The van der Waals surface area contributed by atoms with Crippen LogP contribution in [0, 0.1) is 104 Å². The summed E-state index contributed by atoms with van der Waals surface area (Å²) in [5.74, 6) is 2.19. The third-order valence-electron chi connectivity index (χ3n) is 8.52. The molecule has 0 amide bonds. The number of thiophene rings is 1. The highest BCUT2D eigenvalue weighted by Crippen LogP contribution is 2.05. The van der Waals surface area contributed by atoms with Gasteiger partial charge in [0.1, 0.15) is 23.4 Å². The van der Waals surface area contributed by atoms with Crippen LogP contribution < -0.4 is 0 Å². The maximum Gasteiger partial charge on any atom is 0.223 e. The Morgan fingerprint density at radius 3 is 1.21 bits per heavy atom. The second kappa shape index (κ2) is 82.8. The molecule has 0 saturated heterocycles. The highest BCUT2D eigenvalue weighted by molar-refractivity contribution is 7.08. The number of nitrogens with zero attached hydrogens (tertiary/aromatic N) is 17. The summed E-state index contributed by atoms with van der Waals surface area (Å²) in [5.41, 5.74) is 13.3. The molecule has 12 aromatic heterocycles. The van der Waals surface area contributed by atoms with Gasteiger partial charge in [-0.25, -0.2) is 19.3 Å². The molecule has 20 nitrogen and oxygen atoms in total. The summed E-state index contributed by atoms with van der Waals surface area (Å²) < 4.78 is 32.7. The minimum atomic E-state index is 0.623. The topological polar surface area (TPSA) is 227 Å². The molecule has 12 rings (SSSR count). The molecule has 0 aliphatic heterocycles. The van der Waals surface area contributed by atoms with E-state index < -0.39 is 0 Å². The monoisotopic (exact) mass is 1440 g/mol. The van der Waals surface area contributed by atoms with Crippen molar-refractivity contribution in [3.05, 3.63) is 204 Å². The van der Waals surface area contributed by atoms with Gasteiger partial charge in [-0.15, -0.1) is 16.4 Å². The highest BCUT2D eigenvalue weighted by Gasteiger charge is 1.92. The third kappa shape index (κ3) is 79.1. The van der Waals surface area contributed by atoms with Gasteiger partial charge in [-0.2, -0.15) is 30.9 Å². The van der Waals surface area contributed by atoms with Crippen molar-refractivity contribution in [3.63, 3.8) is 0 Å². The van der Waals surface area contributed by atoms with Crippen molar-refractivity contribution in [3.8, 4) is 0 Å². The molecule has 12 aromatic rings. The summed E-state index contributed by atoms with van der Waals surface area (Å²) in [6, 6.07) is 6.16.